The molecule has 1 N–H and O–H groups in total. The molecule has 0 saturated heterocycles. The lowest BCUT2D eigenvalue weighted by molar-refractivity contribution is -0.143. The molecule has 0 aliphatic carbocycles. The first kappa shape index (κ1) is 15.1. The molecule has 104 valence electrons. The summed E-state index contributed by atoms with van der Waals surface area (Å²) in [7, 11) is 0. The van der Waals surface area contributed by atoms with Crippen molar-refractivity contribution in [1.29, 1.82) is 0 Å². The summed E-state index contributed by atoms with van der Waals surface area (Å²) in [4.78, 5) is 21.9. The summed E-state index contributed by atoms with van der Waals surface area (Å²) in [6.07, 6.45) is -2.56. The van der Waals surface area contributed by atoms with Crippen LogP contribution in [0.1, 0.15) is 41.3 Å². The average molecular weight is 272 g/mol. The Morgan fingerprint density at radius 3 is 2.58 bits per heavy atom. The minimum atomic E-state index is -2.87. The van der Waals surface area contributed by atoms with Gasteiger partial charge in [0.25, 0.3) is 6.43 Å². The molecule has 0 spiro atoms. The van der Waals surface area contributed by atoms with E-state index >= 15 is 0 Å². The van der Waals surface area contributed by atoms with Crippen LogP contribution in [0.15, 0.2) is 18.2 Å². The number of hydrogen-bond donors (Lipinski definition) is 1. The van der Waals surface area contributed by atoms with E-state index in [0.29, 0.717) is 5.56 Å². The van der Waals surface area contributed by atoms with E-state index in [-0.39, 0.29) is 19.4 Å². The largest absolute Gasteiger partial charge is 0.478 e. The van der Waals surface area contributed by atoms with E-state index in [0.717, 1.165) is 12.1 Å². The van der Waals surface area contributed by atoms with Gasteiger partial charge in [-0.15, -0.1) is 0 Å². The zero-order chi connectivity index (χ0) is 14.4. The summed E-state index contributed by atoms with van der Waals surface area (Å²) < 4.78 is 30.2. The number of carboxylic acids is 1. The van der Waals surface area contributed by atoms with E-state index in [4.69, 9.17) is 9.84 Å². The lowest BCUT2D eigenvalue weighted by Gasteiger charge is -2.08. The molecular weight excluding hydrogens is 258 g/mol. The van der Waals surface area contributed by atoms with Gasteiger partial charge in [0.2, 0.25) is 0 Å². The van der Waals surface area contributed by atoms with Gasteiger partial charge in [-0.25, -0.2) is 13.6 Å². The number of ether oxygens (including phenoxy) is 1. The van der Waals surface area contributed by atoms with Gasteiger partial charge < -0.3 is 9.84 Å². The van der Waals surface area contributed by atoms with Crippen molar-refractivity contribution in [2.45, 2.75) is 26.2 Å². The number of carbonyl (C=O) groups excluding carboxylic acids is 1. The lowest BCUT2D eigenvalue weighted by atomic mass is 10.0. The van der Waals surface area contributed by atoms with Gasteiger partial charge in [-0.05, 0) is 31.0 Å². The van der Waals surface area contributed by atoms with Gasteiger partial charge >= 0.3 is 11.9 Å². The fraction of sp³-hybridized carbons (Fsp3) is 0.385. The Morgan fingerprint density at radius 2 is 2.05 bits per heavy atom. The Hall–Kier alpha value is -1.98. The highest BCUT2D eigenvalue weighted by Crippen LogP contribution is 2.24. The molecule has 0 aliphatic rings. The highest BCUT2D eigenvalue weighted by Gasteiger charge is 2.18. The van der Waals surface area contributed by atoms with Crippen molar-refractivity contribution in [2.75, 3.05) is 6.61 Å². The maximum Gasteiger partial charge on any atom is 0.336 e. The molecule has 19 heavy (non-hydrogen) atoms. The van der Waals surface area contributed by atoms with Crippen molar-refractivity contribution in [3.05, 3.63) is 34.9 Å². The molecule has 1 aromatic rings. The van der Waals surface area contributed by atoms with Crippen LogP contribution in [-0.4, -0.2) is 23.7 Å². The van der Waals surface area contributed by atoms with Crippen molar-refractivity contribution in [3.8, 4) is 0 Å². The molecule has 0 unspecified atom stereocenters. The van der Waals surface area contributed by atoms with Crippen LogP contribution in [0.5, 0.6) is 0 Å². The zero-order valence-corrected chi connectivity index (χ0v) is 10.4. The molecule has 0 fully saturated rings. The second kappa shape index (κ2) is 6.82. The van der Waals surface area contributed by atoms with Crippen molar-refractivity contribution in [1.82, 2.24) is 0 Å². The number of carboxylic acid groups (broad SMARTS) is 1. The maximum atomic E-state index is 12.7. The molecule has 4 nitrogen and oxygen atoms in total. The molecule has 0 bridgehead atoms. The van der Waals surface area contributed by atoms with Gasteiger partial charge in [-0.2, -0.15) is 0 Å². The maximum absolute atomic E-state index is 12.7. The lowest BCUT2D eigenvalue weighted by Crippen LogP contribution is -2.07. The fourth-order valence-electron chi connectivity index (χ4n) is 1.62. The zero-order valence-electron chi connectivity index (χ0n) is 10.4. The topological polar surface area (TPSA) is 63.6 Å². The van der Waals surface area contributed by atoms with E-state index in [2.05, 4.69) is 0 Å². The molecule has 0 heterocycles. The van der Waals surface area contributed by atoms with E-state index in [1.54, 1.807) is 6.92 Å². The van der Waals surface area contributed by atoms with Crippen LogP contribution in [0.25, 0.3) is 0 Å². The molecule has 0 saturated carbocycles. The first-order valence-corrected chi connectivity index (χ1v) is 5.75. The summed E-state index contributed by atoms with van der Waals surface area (Å²) >= 11 is 0. The van der Waals surface area contributed by atoms with Gasteiger partial charge in [-0.3, -0.25) is 4.79 Å². The van der Waals surface area contributed by atoms with Gasteiger partial charge in [-0.1, -0.05) is 6.07 Å². The van der Waals surface area contributed by atoms with Gasteiger partial charge in [0.15, 0.2) is 0 Å². The molecular formula is C13H14F2O4. The molecule has 6 heteroatoms. The second-order valence-corrected chi connectivity index (χ2v) is 3.83. The van der Waals surface area contributed by atoms with Crippen molar-refractivity contribution in [2.24, 2.45) is 0 Å². The SMILES string of the molecule is CCOC(=O)CCc1ccc(C(=O)O)c(C(F)F)c1. The third kappa shape index (κ3) is 4.31. The first-order valence-electron chi connectivity index (χ1n) is 5.75. The molecule has 0 aliphatic heterocycles. The Balaban J connectivity index is 2.84. The number of carbonyl (C=O) groups is 2. The summed E-state index contributed by atoms with van der Waals surface area (Å²) in [6, 6.07) is 3.67. The number of benzene rings is 1. The number of esters is 1. The predicted molar refractivity (Wildman–Crippen MR) is 63.3 cm³/mol. The normalized spacial score (nSPS) is 10.5. The van der Waals surface area contributed by atoms with E-state index < -0.39 is 29.5 Å². The van der Waals surface area contributed by atoms with Crippen molar-refractivity contribution in [3.63, 3.8) is 0 Å². The summed E-state index contributed by atoms with van der Waals surface area (Å²) in [5.74, 6) is -1.81. The van der Waals surface area contributed by atoms with Crippen molar-refractivity contribution >= 4 is 11.9 Å². The number of rotatable bonds is 6. The standard InChI is InChI=1S/C13H14F2O4/c1-2-19-11(16)6-4-8-3-5-9(13(17)18)10(7-8)12(14)15/h3,5,7,12H,2,4,6H2,1H3,(H,17,18). The Morgan fingerprint density at radius 1 is 1.37 bits per heavy atom. The van der Waals surface area contributed by atoms with Crippen LogP contribution in [-0.2, 0) is 16.0 Å². The van der Waals surface area contributed by atoms with E-state index in [1.165, 1.54) is 6.07 Å². The van der Waals surface area contributed by atoms with Crippen LogP contribution < -0.4 is 0 Å². The third-order valence-electron chi connectivity index (χ3n) is 2.50. The van der Waals surface area contributed by atoms with Gasteiger partial charge in [0.1, 0.15) is 0 Å². The van der Waals surface area contributed by atoms with Crippen LogP contribution >= 0.6 is 0 Å². The summed E-state index contributed by atoms with van der Waals surface area (Å²) in [6.45, 7) is 1.94. The van der Waals surface area contributed by atoms with Crippen LogP contribution in [0, 0.1) is 0 Å². The molecule has 1 rings (SSSR count). The monoisotopic (exact) mass is 272 g/mol. The Kier molecular flexibility index (Phi) is 5.41. The summed E-state index contributed by atoms with van der Waals surface area (Å²) in [5.41, 5.74) is -0.475. The first-order chi connectivity index (χ1) is 8.95. The third-order valence-corrected chi connectivity index (χ3v) is 2.50. The van der Waals surface area contributed by atoms with Crippen LogP contribution in [0.4, 0.5) is 8.78 Å². The molecule has 0 atom stereocenters. The number of halogens is 2. The van der Waals surface area contributed by atoms with E-state index in [1.807, 2.05) is 0 Å². The van der Waals surface area contributed by atoms with Crippen molar-refractivity contribution < 1.29 is 28.2 Å². The Labute approximate surface area is 109 Å². The van der Waals surface area contributed by atoms with Crippen LogP contribution in [0.2, 0.25) is 0 Å². The highest BCUT2D eigenvalue weighted by atomic mass is 19.3. The quantitative estimate of drug-likeness (QED) is 0.809. The number of aryl methyl sites for hydroxylation is 1. The highest BCUT2D eigenvalue weighted by molar-refractivity contribution is 5.89. The van der Waals surface area contributed by atoms with Gasteiger partial charge in [0, 0.05) is 12.0 Å². The predicted octanol–water partition coefficient (Wildman–Crippen LogP) is 2.82. The van der Waals surface area contributed by atoms with Gasteiger partial charge in [0.05, 0.1) is 12.2 Å². The Bertz CT molecular complexity index is 472. The fourth-order valence-corrected chi connectivity index (χ4v) is 1.62. The number of alkyl halides is 2. The minimum Gasteiger partial charge on any atom is -0.478 e. The van der Waals surface area contributed by atoms with Crippen LogP contribution in [0.3, 0.4) is 0 Å². The average Bonchev–Trinajstić information content (AvgIpc) is 2.36. The minimum absolute atomic E-state index is 0.0724. The smallest absolute Gasteiger partial charge is 0.336 e. The molecule has 0 radical (unpaired) electrons. The molecule has 1 aromatic carbocycles. The summed E-state index contributed by atoms with van der Waals surface area (Å²) in [5, 5.41) is 8.79. The number of aromatic carboxylic acids is 1. The number of hydrogen-bond acceptors (Lipinski definition) is 3. The second-order valence-electron chi connectivity index (χ2n) is 3.83. The molecule has 0 amide bonds. The van der Waals surface area contributed by atoms with E-state index in [9.17, 15) is 18.4 Å². The molecule has 0 aromatic heterocycles.